The summed E-state index contributed by atoms with van der Waals surface area (Å²) in [4.78, 5) is 13.8. The van der Waals surface area contributed by atoms with Crippen LogP contribution in [0.15, 0.2) is 36.0 Å². The van der Waals surface area contributed by atoms with Gasteiger partial charge in [-0.05, 0) is 31.7 Å². The Morgan fingerprint density at radius 2 is 2.08 bits per heavy atom. The van der Waals surface area contributed by atoms with Crippen molar-refractivity contribution in [3.63, 3.8) is 0 Å². The van der Waals surface area contributed by atoms with Gasteiger partial charge in [-0.15, -0.1) is 30.6 Å². The van der Waals surface area contributed by atoms with E-state index in [0.717, 1.165) is 44.5 Å². The molecule has 0 spiro atoms. The lowest BCUT2D eigenvalue weighted by Crippen LogP contribution is -2.44. The highest BCUT2D eigenvalue weighted by Gasteiger charge is 2.15. The van der Waals surface area contributed by atoms with Crippen molar-refractivity contribution >= 4 is 35.8 Å². The van der Waals surface area contributed by atoms with Gasteiger partial charge in [0.1, 0.15) is 5.82 Å². The van der Waals surface area contributed by atoms with Gasteiger partial charge in [-0.25, -0.2) is 9.98 Å². The average molecular weight is 444 g/mol. The summed E-state index contributed by atoms with van der Waals surface area (Å²) < 4.78 is 0. The number of nitrogens with one attached hydrogen (secondary N) is 2. The summed E-state index contributed by atoms with van der Waals surface area (Å²) in [7, 11) is 2.16. The van der Waals surface area contributed by atoms with Crippen molar-refractivity contribution in [3.05, 3.63) is 36.5 Å². The largest absolute Gasteiger partial charge is 0.357 e. The number of nitrogens with zero attached hydrogens (tertiary/aromatic N) is 4. The van der Waals surface area contributed by atoms with Crippen LogP contribution in [0.1, 0.15) is 12.5 Å². The Morgan fingerprint density at radius 1 is 1.33 bits per heavy atom. The van der Waals surface area contributed by atoms with Crippen molar-refractivity contribution in [2.45, 2.75) is 13.5 Å². The van der Waals surface area contributed by atoms with Gasteiger partial charge in [0.05, 0.1) is 6.54 Å². The molecule has 24 heavy (non-hydrogen) atoms. The summed E-state index contributed by atoms with van der Waals surface area (Å²) in [6.07, 6.45) is 3.70. The zero-order valence-corrected chi connectivity index (χ0v) is 17.0. The number of halogens is 1. The maximum Gasteiger partial charge on any atom is 0.191 e. The van der Waals surface area contributed by atoms with Crippen LogP contribution in [0.3, 0.4) is 0 Å². The molecule has 7 heteroatoms. The van der Waals surface area contributed by atoms with Gasteiger partial charge in [-0.1, -0.05) is 6.08 Å². The lowest BCUT2D eigenvalue weighted by atomic mass is 10.2. The number of aromatic nitrogens is 1. The molecule has 2 rings (SSSR count). The van der Waals surface area contributed by atoms with E-state index in [1.165, 1.54) is 5.56 Å². The number of likely N-dealkylation sites (N-methyl/N-ethyl adjacent to an activating group) is 1. The monoisotopic (exact) mass is 444 g/mol. The number of hydrogen-bond acceptors (Lipinski definition) is 4. The van der Waals surface area contributed by atoms with E-state index in [-0.39, 0.29) is 24.0 Å². The van der Waals surface area contributed by atoms with Crippen LogP contribution in [0.25, 0.3) is 0 Å². The predicted octanol–water partition coefficient (Wildman–Crippen LogP) is 1.69. The highest BCUT2D eigenvalue weighted by Crippen LogP contribution is 2.15. The Kier molecular flexibility index (Phi) is 9.70. The third-order valence-electron chi connectivity index (χ3n) is 3.81. The van der Waals surface area contributed by atoms with Crippen molar-refractivity contribution in [3.8, 4) is 0 Å². The van der Waals surface area contributed by atoms with Crippen molar-refractivity contribution in [2.24, 2.45) is 4.99 Å². The molecule has 0 aliphatic carbocycles. The van der Waals surface area contributed by atoms with E-state index in [4.69, 9.17) is 0 Å². The van der Waals surface area contributed by atoms with Crippen LogP contribution >= 0.6 is 24.0 Å². The minimum absolute atomic E-state index is 0. The minimum atomic E-state index is 0. The second-order valence-electron chi connectivity index (χ2n) is 5.68. The fourth-order valence-electron chi connectivity index (χ4n) is 2.45. The smallest absolute Gasteiger partial charge is 0.191 e. The van der Waals surface area contributed by atoms with Crippen LogP contribution in [0.4, 0.5) is 5.82 Å². The Morgan fingerprint density at radius 3 is 2.75 bits per heavy atom. The van der Waals surface area contributed by atoms with Gasteiger partial charge in [0.15, 0.2) is 5.96 Å². The van der Waals surface area contributed by atoms with Crippen molar-refractivity contribution in [2.75, 3.05) is 51.2 Å². The third kappa shape index (κ3) is 6.64. The molecule has 0 aromatic carbocycles. The van der Waals surface area contributed by atoms with Crippen molar-refractivity contribution in [1.82, 2.24) is 20.5 Å². The summed E-state index contributed by atoms with van der Waals surface area (Å²) in [6, 6.07) is 4.17. The molecule has 134 valence electrons. The first kappa shape index (κ1) is 20.7. The number of rotatable bonds is 6. The zero-order chi connectivity index (χ0) is 16.5. The van der Waals surface area contributed by atoms with Crippen LogP contribution < -0.4 is 15.5 Å². The molecule has 0 unspecified atom stereocenters. The molecule has 6 nitrogen and oxygen atoms in total. The van der Waals surface area contributed by atoms with E-state index in [1.807, 2.05) is 18.3 Å². The fraction of sp³-hybridized carbons (Fsp3) is 0.529. The Hall–Kier alpha value is -1.35. The number of piperazine rings is 1. The lowest BCUT2D eigenvalue weighted by molar-refractivity contribution is 0.312. The van der Waals surface area contributed by atoms with E-state index >= 15 is 0 Å². The quantitative estimate of drug-likeness (QED) is 0.303. The SMILES string of the molecule is C=CCNC(=NCc1ccnc(N2CCN(C)CC2)c1)NCC.I. The van der Waals surface area contributed by atoms with Crippen LogP contribution in [0.2, 0.25) is 0 Å². The standard InChI is InChI=1S/C17H28N6.HI/c1-4-7-20-17(18-5-2)21-14-15-6-8-19-16(13-15)23-11-9-22(3)10-12-23;/h4,6,8,13H,1,5,7,9-12,14H2,2-3H3,(H2,18,20,21);1H. The van der Waals surface area contributed by atoms with Crippen LogP contribution in [-0.2, 0) is 6.54 Å². The molecule has 2 heterocycles. The molecule has 0 atom stereocenters. The topological polar surface area (TPSA) is 55.8 Å². The average Bonchev–Trinajstić information content (AvgIpc) is 2.58. The number of aliphatic imine (C=N–C) groups is 1. The van der Waals surface area contributed by atoms with E-state index in [2.05, 4.69) is 57.0 Å². The summed E-state index contributed by atoms with van der Waals surface area (Å²) in [6.45, 7) is 12.2. The van der Waals surface area contributed by atoms with Crippen LogP contribution in [0, 0.1) is 0 Å². The number of pyridine rings is 1. The van der Waals surface area contributed by atoms with E-state index in [1.54, 1.807) is 0 Å². The maximum absolute atomic E-state index is 4.61. The summed E-state index contributed by atoms with van der Waals surface area (Å²) >= 11 is 0. The minimum Gasteiger partial charge on any atom is -0.357 e. The first-order chi connectivity index (χ1) is 11.2. The highest BCUT2D eigenvalue weighted by atomic mass is 127. The lowest BCUT2D eigenvalue weighted by Gasteiger charge is -2.33. The number of guanidine groups is 1. The molecule has 1 aromatic rings. The molecule has 0 radical (unpaired) electrons. The molecule has 1 saturated heterocycles. The maximum atomic E-state index is 4.61. The molecule has 0 amide bonds. The fourth-order valence-corrected chi connectivity index (χ4v) is 2.45. The number of anilines is 1. The van der Waals surface area contributed by atoms with E-state index < -0.39 is 0 Å². The molecule has 0 bridgehead atoms. The van der Waals surface area contributed by atoms with E-state index in [9.17, 15) is 0 Å². The summed E-state index contributed by atoms with van der Waals surface area (Å²) in [5, 5.41) is 6.44. The highest BCUT2D eigenvalue weighted by molar-refractivity contribution is 14.0. The molecule has 1 aliphatic rings. The Balaban J connectivity index is 0.00000288. The molecule has 1 aliphatic heterocycles. The first-order valence-corrected chi connectivity index (χ1v) is 8.24. The second kappa shape index (κ2) is 11.2. The normalized spacial score (nSPS) is 15.6. The Bertz CT molecular complexity index is 526. The van der Waals surface area contributed by atoms with Gasteiger partial charge in [-0.3, -0.25) is 0 Å². The Labute approximate surface area is 162 Å². The van der Waals surface area contributed by atoms with Crippen LogP contribution in [-0.4, -0.2) is 62.2 Å². The van der Waals surface area contributed by atoms with Gasteiger partial charge < -0.3 is 20.4 Å². The van der Waals surface area contributed by atoms with Gasteiger partial charge in [0.2, 0.25) is 0 Å². The van der Waals surface area contributed by atoms with Crippen LogP contribution in [0.5, 0.6) is 0 Å². The predicted molar refractivity (Wildman–Crippen MR) is 112 cm³/mol. The van der Waals surface area contributed by atoms with Crippen molar-refractivity contribution < 1.29 is 0 Å². The van der Waals surface area contributed by atoms with Gasteiger partial charge in [0.25, 0.3) is 0 Å². The molecule has 1 fully saturated rings. The molecule has 0 saturated carbocycles. The zero-order valence-electron chi connectivity index (χ0n) is 14.7. The molecular formula is C17H29IN6. The summed E-state index contributed by atoms with van der Waals surface area (Å²) in [5.74, 6) is 1.86. The molecule has 2 N–H and O–H groups in total. The van der Waals surface area contributed by atoms with Gasteiger partial charge >= 0.3 is 0 Å². The van der Waals surface area contributed by atoms with E-state index in [0.29, 0.717) is 13.1 Å². The first-order valence-electron chi connectivity index (χ1n) is 8.24. The van der Waals surface area contributed by atoms with Crippen molar-refractivity contribution in [1.29, 1.82) is 0 Å². The molecular weight excluding hydrogens is 415 g/mol. The number of hydrogen-bond donors (Lipinski definition) is 2. The van der Waals surface area contributed by atoms with Gasteiger partial charge in [0, 0.05) is 45.5 Å². The molecule has 1 aromatic heterocycles. The summed E-state index contributed by atoms with van der Waals surface area (Å²) in [5.41, 5.74) is 1.17. The van der Waals surface area contributed by atoms with Gasteiger partial charge in [-0.2, -0.15) is 0 Å². The second-order valence-corrected chi connectivity index (χ2v) is 5.68. The third-order valence-corrected chi connectivity index (χ3v) is 3.81.